The molecule has 0 N–H and O–H groups in total. The van der Waals surface area contributed by atoms with Crippen LogP contribution in [0.15, 0.2) is 0 Å². The molecule has 1 aliphatic carbocycles. The third-order valence-electron chi connectivity index (χ3n) is 4.07. The maximum Gasteiger partial charge on any atom is 0.226 e. The number of hydrogen-bond acceptors (Lipinski definition) is 3. The fraction of sp³-hybridized carbons (Fsp3) is 0.917. The summed E-state index contributed by atoms with van der Waals surface area (Å²) in [4.78, 5) is 14.4. The summed E-state index contributed by atoms with van der Waals surface area (Å²) in [5, 5.41) is 0. The van der Waals surface area contributed by atoms with Crippen LogP contribution in [0, 0.1) is 5.92 Å². The van der Waals surface area contributed by atoms with Gasteiger partial charge >= 0.3 is 0 Å². The van der Waals surface area contributed by atoms with E-state index in [4.69, 9.17) is 0 Å². The second-order valence-corrected chi connectivity index (χ2v) is 8.82. The smallest absolute Gasteiger partial charge is 0.226 e. The molecule has 2 rings (SSSR count). The number of rotatable bonds is 2. The summed E-state index contributed by atoms with van der Waals surface area (Å²) < 4.78 is 22.9. The largest absolute Gasteiger partial charge is 0.341 e. The lowest BCUT2D eigenvalue weighted by Crippen LogP contribution is -2.46. The third-order valence-corrected chi connectivity index (χ3v) is 6.91. The van der Waals surface area contributed by atoms with Gasteiger partial charge in [-0.05, 0) is 19.3 Å². The van der Waals surface area contributed by atoms with Crippen LogP contribution in [0.2, 0.25) is 0 Å². The van der Waals surface area contributed by atoms with Crippen molar-refractivity contribution in [2.45, 2.75) is 43.0 Å². The standard InChI is InChI=1S/C12H20BrNO3S/c1-14(11-5-3-2-4-10(11)13)12(15)9-6-7-18(16,17)8-9/h9-11H,2-8H2,1H3. The van der Waals surface area contributed by atoms with E-state index in [0.717, 1.165) is 19.3 Å². The van der Waals surface area contributed by atoms with Crippen LogP contribution in [-0.4, -0.2) is 48.6 Å². The Bertz CT molecular complexity index is 423. The zero-order valence-electron chi connectivity index (χ0n) is 10.6. The van der Waals surface area contributed by atoms with Crippen molar-refractivity contribution in [1.82, 2.24) is 4.90 Å². The summed E-state index contributed by atoms with van der Waals surface area (Å²) in [5.74, 6) is -0.107. The zero-order chi connectivity index (χ0) is 13.3. The van der Waals surface area contributed by atoms with Gasteiger partial charge in [0.05, 0.1) is 17.4 Å². The SMILES string of the molecule is CN(C(=O)C1CCS(=O)(=O)C1)C1CCCCC1Br. The van der Waals surface area contributed by atoms with Crippen LogP contribution in [0.1, 0.15) is 32.1 Å². The molecule has 1 aliphatic heterocycles. The van der Waals surface area contributed by atoms with Crippen LogP contribution >= 0.6 is 15.9 Å². The average molecular weight is 338 g/mol. The minimum atomic E-state index is -2.98. The molecule has 0 aromatic rings. The normalized spacial score (nSPS) is 35.3. The lowest BCUT2D eigenvalue weighted by molar-refractivity contribution is -0.135. The van der Waals surface area contributed by atoms with E-state index in [1.54, 1.807) is 4.90 Å². The van der Waals surface area contributed by atoms with Crippen molar-refractivity contribution < 1.29 is 13.2 Å². The van der Waals surface area contributed by atoms with Gasteiger partial charge in [-0.2, -0.15) is 0 Å². The Labute approximate surface area is 117 Å². The van der Waals surface area contributed by atoms with Crippen molar-refractivity contribution >= 4 is 31.7 Å². The molecular weight excluding hydrogens is 318 g/mol. The summed E-state index contributed by atoms with van der Waals surface area (Å²) in [6.45, 7) is 0. The molecule has 0 aromatic carbocycles. The van der Waals surface area contributed by atoms with Crippen LogP contribution in [0.25, 0.3) is 0 Å². The highest BCUT2D eigenvalue weighted by Crippen LogP contribution is 2.30. The molecule has 0 spiro atoms. The van der Waals surface area contributed by atoms with E-state index in [1.807, 2.05) is 7.05 Å². The molecular formula is C12H20BrNO3S. The van der Waals surface area contributed by atoms with Gasteiger partial charge < -0.3 is 4.90 Å². The van der Waals surface area contributed by atoms with Gasteiger partial charge in [-0.3, -0.25) is 4.79 Å². The Kier molecular flexibility index (Phi) is 4.36. The Morgan fingerprint density at radius 1 is 1.22 bits per heavy atom. The minimum Gasteiger partial charge on any atom is -0.341 e. The molecule has 1 amide bonds. The van der Waals surface area contributed by atoms with E-state index in [9.17, 15) is 13.2 Å². The maximum absolute atomic E-state index is 12.3. The van der Waals surface area contributed by atoms with Gasteiger partial charge in [-0.25, -0.2) is 8.42 Å². The fourth-order valence-corrected chi connectivity index (χ4v) is 5.62. The number of sulfone groups is 1. The lowest BCUT2D eigenvalue weighted by atomic mass is 9.93. The van der Waals surface area contributed by atoms with Crippen LogP contribution in [0.4, 0.5) is 0 Å². The minimum absolute atomic E-state index is 0.00688. The van der Waals surface area contributed by atoms with Gasteiger partial charge in [0.15, 0.2) is 9.84 Å². The van der Waals surface area contributed by atoms with E-state index in [2.05, 4.69) is 15.9 Å². The second-order valence-electron chi connectivity index (χ2n) is 5.42. The Morgan fingerprint density at radius 2 is 1.89 bits per heavy atom. The van der Waals surface area contributed by atoms with Gasteiger partial charge in [-0.15, -0.1) is 0 Å². The number of carbonyl (C=O) groups excluding carboxylic acids is 1. The van der Waals surface area contributed by atoms with E-state index in [-0.39, 0.29) is 29.4 Å². The molecule has 0 aromatic heterocycles. The topological polar surface area (TPSA) is 54.5 Å². The summed E-state index contributed by atoms with van der Waals surface area (Å²) in [7, 11) is -1.16. The van der Waals surface area contributed by atoms with Gasteiger partial charge in [0.2, 0.25) is 5.91 Å². The molecule has 3 atom stereocenters. The van der Waals surface area contributed by atoms with Crippen LogP contribution in [0.5, 0.6) is 0 Å². The van der Waals surface area contributed by atoms with Crippen LogP contribution in [0.3, 0.4) is 0 Å². The van der Waals surface area contributed by atoms with Crippen molar-refractivity contribution in [2.24, 2.45) is 5.92 Å². The van der Waals surface area contributed by atoms with Gasteiger partial charge in [0, 0.05) is 17.9 Å². The van der Waals surface area contributed by atoms with Crippen molar-refractivity contribution in [3.63, 3.8) is 0 Å². The number of carbonyl (C=O) groups is 1. The van der Waals surface area contributed by atoms with Gasteiger partial charge in [0.25, 0.3) is 0 Å². The summed E-state index contributed by atoms with van der Waals surface area (Å²) >= 11 is 3.64. The highest BCUT2D eigenvalue weighted by molar-refractivity contribution is 9.09. The highest BCUT2D eigenvalue weighted by Gasteiger charge is 2.37. The molecule has 2 aliphatic rings. The second kappa shape index (κ2) is 5.49. The summed E-state index contributed by atoms with van der Waals surface area (Å²) in [5.41, 5.74) is 0. The van der Waals surface area contributed by atoms with E-state index in [1.165, 1.54) is 6.42 Å². The Hall–Kier alpha value is -0.100. The van der Waals surface area contributed by atoms with Crippen molar-refractivity contribution in [2.75, 3.05) is 18.6 Å². The molecule has 104 valence electrons. The molecule has 4 nitrogen and oxygen atoms in total. The summed E-state index contributed by atoms with van der Waals surface area (Å²) in [6.07, 6.45) is 4.94. The van der Waals surface area contributed by atoms with E-state index in [0.29, 0.717) is 11.2 Å². The predicted molar refractivity (Wildman–Crippen MR) is 74.5 cm³/mol. The molecule has 1 heterocycles. The van der Waals surface area contributed by atoms with Crippen molar-refractivity contribution in [3.8, 4) is 0 Å². The Balaban J connectivity index is 2.00. The van der Waals surface area contributed by atoms with Gasteiger partial charge in [0.1, 0.15) is 0 Å². The first-order chi connectivity index (χ1) is 8.41. The summed E-state index contributed by atoms with van der Waals surface area (Å²) in [6, 6.07) is 0.217. The number of alkyl halides is 1. The van der Waals surface area contributed by atoms with Crippen molar-refractivity contribution in [1.29, 1.82) is 0 Å². The van der Waals surface area contributed by atoms with E-state index < -0.39 is 9.84 Å². The van der Waals surface area contributed by atoms with Crippen molar-refractivity contribution in [3.05, 3.63) is 0 Å². The molecule has 0 bridgehead atoms. The lowest BCUT2D eigenvalue weighted by Gasteiger charge is -2.36. The Morgan fingerprint density at radius 3 is 2.44 bits per heavy atom. The van der Waals surface area contributed by atoms with Crippen LogP contribution in [-0.2, 0) is 14.6 Å². The number of nitrogens with zero attached hydrogens (tertiary/aromatic N) is 1. The zero-order valence-corrected chi connectivity index (χ0v) is 13.0. The van der Waals surface area contributed by atoms with Gasteiger partial charge in [-0.1, -0.05) is 28.8 Å². The maximum atomic E-state index is 12.3. The molecule has 3 unspecified atom stereocenters. The number of hydrogen-bond donors (Lipinski definition) is 0. The third kappa shape index (κ3) is 3.07. The molecule has 6 heteroatoms. The first-order valence-electron chi connectivity index (χ1n) is 6.52. The fourth-order valence-electron chi connectivity index (χ4n) is 2.94. The molecule has 2 fully saturated rings. The molecule has 1 saturated carbocycles. The number of halogens is 1. The monoisotopic (exact) mass is 337 g/mol. The first kappa shape index (κ1) is 14.3. The average Bonchev–Trinajstić information content (AvgIpc) is 2.68. The quantitative estimate of drug-likeness (QED) is 0.719. The predicted octanol–water partition coefficient (Wildman–Crippen LogP) is 1.59. The first-order valence-corrected chi connectivity index (χ1v) is 9.25. The van der Waals surface area contributed by atoms with E-state index >= 15 is 0 Å². The van der Waals surface area contributed by atoms with Crippen LogP contribution < -0.4 is 0 Å². The highest BCUT2D eigenvalue weighted by atomic mass is 79.9. The molecule has 1 saturated heterocycles. The molecule has 18 heavy (non-hydrogen) atoms. The molecule has 0 radical (unpaired) electrons. The number of amides is 1.